The fourth-order valence-corrected chi connectivity index (χ4v) is 2.80. The molecule has 0 saturated heterocycles. The second-order valence-corrected chi connectivity index (χ2v) is 6.05. The summed E-state index contributed by atoms with van der Waals surface area (Å²) in [4.78, 5) is 14.3. The van der Waals surface area contributed by atoms with Gasteiger partial charge in [0.2, 0.25) is 0 Å². The van der Waals surface area contributed by atoms with E-state index in [0.29, 0.717) is 0 Å². The lowest BCUT2D eigenvalue weighted by molar-refractivity contribution is 0.210. The molecule has 0 unspecified atom stereocenters. The topological polar surface area (TPSA) is 59.7 Å². The van der Waals surface area contributed by atoms with Gasteiger partial charge in [-0.3, -0.25) is 10.6 Å². The van der Waals surface area contributed by atoms with E-state index in [2.05, 4.69) is 11.2 Å². The van der Waals surface area contributed by atoms with Crippen LogP contribution in [0.2, 0.25) is 0 Å². The molecule has 2 amide bonds. The van der Waals surface area contributed by atoms with E-state index in [1.165, 1.54) is 10.6 Å². The molecule has 0 aliphatic carbocycles. The zero-order valence-corrected chi connectivity index (χ0v) is 14.2. The summed E-state index contributed by atoms with van der Waals surface area (Å²) in [6, 6.07) is 13.9. The van der Waals surface area contributed by atoms with Gasteiger partial charge in [-0.2, -0.15) is 5.10 Å². The molecule has 1 radical (unpaired) electrons. The Hall–Kier alpha value is -2.66. The van der Waals surface area contributed by atoms with Crippen LogP contribution in [0.3, 0.4) is 0 Å². The third-order valence-electron chi connectivity index (χ3n) is 4.15. The highest BCUT2D eigenvalue weighted by Crippen LogP contribution is 2.28. The number of hydrogen-bond donors (Lipinski definition) is 0. The number of rotatable bonds is 3. The molecule has 0 fully saturated rings. The van der Waals surface area contributed by atoms with Crippen molar-refractivity contribution in [2.45, 2.75) is 13.8 Å². The van der Waals surface area contributed by atoms with E-state index in [1.807, 2.05) is 50.2 Å². The first-order valence-corrected chi connectivity index (χ1v) is 7.97. The number of nitrogens with one attached hydrogen (secondary N) is 1. The number of amides is 2. The first kappa shape index (κ1) is 16.2. The van der Waals surface area contributed by atoms with E-state index in [-0.39, 0.29) is 19.1 Å². The van der Waals surface area contributed by atoms with Crippen LogP contribution >= 0.6 is 0 Å². The van der Waals surface area contributed by atoms with Crippen molar-refractivity contribution in [1.29, 1.82) is 0 Å². The van der Waals surface area contributed by atoms with Crippen LogP contribution in [-0.2, 0) is 0 Å². The maximum atomic E-state index is 12.7. The normalized spacial score (nSPS) is 14.3. The van der Waals surface area contributed by atoms with Gasteiger partial charge in [-0.25, -0.2) is 9.80 Å². The quantitative estimate of drug-likeness (QED) is 0.856. The molecule has 3 rings (SSSR count). The van der Waals surface area contributed by atoms with Crippen molar-refractivity contribution in [2.75, 3.05) is 25.0 Å². The lowest BCUT2D eigenvalue weighted by atomic mass is 9.98. The van der Waals surface area contributed by atoms with Crippen LogP contribution in [-0.4, -0.2) is 36.9 Å². The molecule has 2 aromatic carbocycles. The van der Waals surface area contributed by atoms with Crippen LogP contribution in [0.15, 0.2) is 47.6 Å². The largest absolute Gasteiger partial charge is 0.344 e. The summed E-state index contributed by atoms with van der Waals surface area (Å²) < 4.78 is 0. The predicted molar refractivity (Wildman–Crippen MR) is 96.5 cm³/mol. The third-order valence-corrected chi connectivity index (χ3v) is 4.15. The van der Waals surface area contributed by atoms with Gasteiger partial charge in [0.05, 0.1) is 12.2 Å². The first-order chi connectivity index (χ1) is 11.5. The second kappa shape index (κ2) is 6.45. The molecule has 0 spiro atoms. The molecule has 123 valence electrons. The van der Waals surface area contributed by atoms with Crippen LogP contribution < -0.4 is 10.6 Å². The van der Waals surface area contributed by atoms with Crippen LogP contribution in [0.5, 0.6) is 0 Å². The van der Waals surface area contributed by atoms with Crippen molar-refractivity contribution in [3.8, 4) is 0 Å². The van der Waals surface area contributed by atoms with Crippen molar-refractivity contribution in [1.82, 2.24) is 10.7 Å². The zero-order valence-electron chi connectivity index (χ0n) is 14.2. The fraction of sp³-hybridized carbons (Fsp3) is 0.263. The summed E-state index contributed by atoms with van der Waals surface area (Å²) in [5, 5.41) is 6.00. The summed E-state index contributed by atoms with van der Waals surface area (Å²) in [6.45, 7) is 4.45. The van der Waals surface area contributed by atoms with E-state index in [1.54, 1.807) is 11.9 Å². The van der Waals surface area contributed by atoms with Crippen LogP contribution in [0.1, 0.15) is 22.3 Å². The Morgan fingerprint density at radius 1 is 1.04 bits per heavy atom. The average Bonchev–Trinajstić information content (AvgIpc) is 2.67. The third kappa shape index (κ3) is 2.90. The van der Waals surface area contributed by atoms with Crippen molar-refractivity contribution >= 4 is 17.4 Å². The highest BCUT2D eigenvalue weighted by atomic mass is 16.2. The molecule has 1 N–H and O–H groups in total. The molecule has 1 heterocycles. The molecule has 0 saturated carbocycles. The number of carbonyl (C=O) groups is 1. The molecular weight excluding hydrogens is 300 g/mol. The molecule has 1 aliphatic heterocycles. The standard InChI is InChI=1S/C19H21N4O/c1-13-4-7-15(8-5-13)18-16-12-14(2)6-9-17(16)22(3)19(24)23(21-18)11-10-20/h4-9,12,20H,10-11H2,1-3H3. The fourth-order valence-electron chi connectivity index (χ4n) is 2.80. The van der Waals surface area contributed by atoms with Crippen molar-refractivity contribution in [2.24, 2.45) is 5.10 Å². The Balaban J connectivity index is 2.23. The summed E-state index contributed by atoms with van der Waals surface area (Å²) in [6.07, 6.45) is 0. The lowest BCUT2D eigenvalue weighted by Gasteiger charge is -2.22. The smallest absolute Gasteiger partial charge is 0.295 e. The van der Waals surface area contributed by atoms with Crippen LogP contribution in [0.4, 0.5) is 10.5 Å². The lowest BCUT2D eigenvalue weighted by Crippen LogP contribution is -2.39. The molecular formula is C19H21N4O. The Morgan fingerprint density at radius 2 is 1.71 bits per heavy atom. The minimum absolute atomic E-state index is 0.111. The maximum Gasteiger partial charge on any atom is 0.344 e. The van der Waals surface area contributed by atoms with E-state index < -0.39 is 0 Å². The monoisotopic (exact) mass is 321 g/mol. The number of fused-ring (bicyclic) bond motifs is 1. The van der Waals surface area contributed by atoms with Gasteiger partial charge >= 0.3 is 6.03 Å². The second-order valence-electron chi connectivity index (χ2n) is 6.05. The molecule has 5 nitrogen and oxygen atoms in total. The zero-order chi connectivity index (χ0) is 17.3. The molecule has 0 atom stereocenters. The SMILES string of the molecule is Cc1ccc(C2=NN(CC[NH])C(=O)N(C)c3ccc(C)cc32)cc1. The molecule has 1 aliphatic rings. The van der Waals surface area contributed by atoms with Gasteiger partial charge < -0.3 is 0 Å². The number of hydrogen-bond acceptors (Lipinski definition) is 2. The summed E-state index contributed by atoms with van der Waals surface area (Å²) >= 11 is 0. The number of hydrazone groups is 1. The van der Waals surface area contributed by atoms with E-state index in [0.717, 1.165) is 28.1 Å². The number of urea groups is 1. The van der Waals surface area contributed by atoms with Gasteiger partial charge in [0, 0.05) is 24.7 Å². The Morgan fingerprint density at radius 3 is 2.38 bits per heavy atom. The highest BCUT2D eigenvalue weighted by Gasteiger charge is 2.27. The van der Waals surface area contributed by atoms with Crippen LogP contribution in [0.25, 0.3) is 0 Å². The molecule has 0 aromatic heterocycles. The van der Waals surface area contributed by atoms with Gasteiger partial charge in [0.1, 0.15) is 5.71 Å². The number of benzene rings is 2. The van der Waals surface area contributed by atoms with E-state index >= 15 is 0 Å². The average molecular weight is 321 g/mol. The van der Waals surface area contributed by atoms with Crippen molar-refractivity contribution in [3.63, 3.8) is 0 Å². The van der Waals surface area contributed by atoms with E-state index in [4.69, 9.17) is 5.73 Å². The predicted octanol–water partition coefficient (Wildman–Crippen LogP) is 3.21. The van der Waals surface area contributed by atoms with Crippen LogP contribution in [0, 0.1) is 13.8 Å². The molecule has 24 heavy (non-hydrogen) atoms. The van der Waals surface area contributed by atoms with Gasteiger partial charge in [0.25, 0.3) is 0 Å². The Labute approximate surface area is 142 Å². The summed E-state index contributed by atoms with van der Waals surface area (Å²) in [5.74, 6) is 0. The molecule has 2 aromatic rings. The van der Waals surface area contributed by atoms with Crippen molar-refractivity contribution in [3.05, 3.63) is 64.7 Å². The number of nitrogens with zero attached hydrogens (tertiary/aromatic N) is 3. The minimum Gasteiger partial charge on any atom is -0.295 e. The van der Waals surface area contributed by atoms with Gasteiger partial charge in [0.15, 0.2) is 0 Å². The molecule has 5 heteroatoms. The Bertz CT molecular complexity index is 796. The van der Waals surface area contributed by atoms with Gasteiger partial charge in [-0.1, -0.05) is 41.5 Å². The number of carbonyl (C=O) groups excluding carboxylic acids is 1. The first-order valence-electron chi connectivity index (χ1n) is 7.97. The number of aryl methyl sites for hydroxylation is 2. The summed E-state index contributed by atoms with van der Waals surface area (Å²) in [7, 11) is 1.75. The van der Waals surface area contributed by atoms with Gasteiger partial charge in [-0.05, 0) is 26.0 Å². The van der Waals surface area contributed by atoms with Gasteiger partial charge in [-0.15, -0.1) is 0 Å². The molecule has 0 bridgehead atoms. The minimum atomic E-state index is -0.213. The Kier molecular flexibility index (Phi) is 4.36. The van der Waals surface area contributed by atoms with Crippen molar-refractivity contribution < 1.29 is 4.79 Å². The van der Waals surface area contributed by atoms with E-state index in [9.17, 15) is 4.79 Å². The summed E-state index contributed by atoms with van der Waals surface area (Å²) in [5.41, 5.74) is 13.3. The maximum absolute atomic E-state index is 12.7. The highest BCUT2D eigenvalue weighted by molar-refractivity contribution is 6.18. The number of anilines is 1.